The van der Waals surface area contributed by atoms with E-state index in [1.54, 1.807) is 7.11 Å². The average Bonchev–Trinajstić information content (AvgIpc) is 2.75. The van der Waals surface area contributed by atoms with Crippen LogP contribution in [-0.4, -0.2) is 22.4 Å². The maximum Gasteiger partial charge on any atom is 0.136 e. The number of nitrogens with zero attached hydrogens (tertiary/aromatic N) is 2. The third-order valence-corrected chi connectivity index (χ3v) is 4.06. The monoisotopic (exact) mass is 276 g/mol. The number of aromatic nitrogens is 2. The highest BCUT2D eigenvalue weighted by atomic mass is 32.2. The number of benzene rings is 1. The van der Waals surface area contributed by atoms with Gasteiger partial charge in [-0.25, -0.2) is 4.98 Å². The number of allylic oxidation sites excluding steroid dienone is 1. The van der Waals surface area contributed by atoms with Crippen LogP contribution in [0.15, 0.2) is 35.7 Å². The molecule has 0 bridgehead atoms. The highest BCUT2D eigenvalue weighted by molar-refractivity contribution is 7.99. The van der Waals surface area contributed by atoms with Crippen LogP contribution in [-0.2, 0) is 17.9 Å². The SMILES string of the molecule is C=CCn1c(COC)nc2ccc(SCCC)cc21. The summed E-state index contributed by atoms with van der Waals surface area (Å²) in [4.78, 5) is 5.92. The number of ether oxygens (including phenoxy) is 1. The van der Waals surface area contributed by atoms with Gasteiger partial charge in [-0.15, -0.1) is 18.3 Å². The second-order valence-corrected chi connectivity index (χ2v) is 5.53. The summed E-state index contributed by atoms with van der Waals surface area (Å²) in [5, 5.41) is 0. The Bertz CT molecular complexity index is 563. The first-order chi connectivity index (χ1) is 9.30. The number of methoxy groups -OCH3 is 1. The highest BCUT2D eigenvalue weighted by Crippen LogP contribution is 2.25. The Morgan fingerprint density at radius 1 is 1.47 bits per heavy atom. The van der Waals surface area contributed by atoms with Gasteiger partial charge < -0.3 is 9.30 Å². The lowest BCUT2D eigenvalue weighted by Crippen LogP contribution is -2.03. The summed E-state index contributed by atoms with van der Waals surface area (Å²) >= 11 is 1.89. The lowest BCUT2D eigenvalue weighted by atomic mass is 10.3. The Kier molecular flexibility index (Phi) is 5.05. The van der Waals surface area contributed by atoms with Crippen LogP contribution >= 0.6 is 11.8 Å². The van der Waals surface area contributed by atoms with Gasteiger partial charge in [0, 0.05) is 18.6 Å². The minimum Gasteiger partial charge on any atom is -0.377 e. The molecule has 0 saturated heterocycles. The van der Waals surface area contributed by atoms with E-state index in [0.717, 1.165) is 29.2 Å². The van der Waals surface area contributed by atoms with Crippen LogP contribution in [0.5, 0.6) is 0 Å². The highest BCUT2D eigenvalue weighted by Gasteiger charge is 2.10. The quantitative estimate of drug-likeness (QED) is 0.567. The van der Waals surface area contributed by atoms with Crippen molar-refractivity contribution in [1.29, 1.82) is 0 Å². The van der Waals surface area contributed by atoms with Crippen molar-refractivity contribution >= 4 is 22.8 Å². The van der Waals surface area contributed by atoms with Crippen LogP contribution in [0.4, 0.5) is 0 Å². The largest absolute Gasteiger partial charge is 0.377 e. The van der Waals surface area contributed by atoms with Gasteiger partial charge in [-0.3, -0.25) is 0 Å². The van der Waals surface area contributed by atoms with E-state index in [1.165, 1.54) is 11.3 Å². The molecule has 0 aliphatic heterocycles. The van der Waals surface area contributed by atoms with E-state index in [1.807, 2.05) is 17.8 Å². The van der Waals surface area contributed by atoms with Crippen LogP contribution < -0.4 is 0 Å². The van der Waals surface area contributed by atoms with Gasteiger partial charge in [-0.1, -0.05) is 13.0 Å². The van der Waals surface area contributed by atoms with Gasteiger partial charge in [0.25, 0.3) is 0 Å². The summed E-state index contributed by atoms with van der Waals surface area (Å²) in [5.41, 5.74) is 2.18. The molecule has 0 N–H and O–H groups in total. The summed E-state index contributed by atoms with van der Waals surface area (Å²) < 4.78 is 7.39. The Morgan fingerprint density at radius 3 is 3.00 bits per heavy atom. The van der Waals surface area contributed by atoms with Crippen molar-refractivity contribution in [3.05, 3.63) is 36.7 Å². The molecular weight excluding hydrogens is 256 g/mol. The molecule has 1 heterocycles. The lowest BCUT2D eigenvalue weighted by Gasteiger charge is -2.06. The zero-order valence-electron chi connectivity index (χ0n) is 11.6. The molecule has 1 aromatic carbocycles. The van der Waals surface area contributed by atoms with Crippen LogP contribution in [0, 0.1) is 0 Å². The molecule has 2 rings (SSSR count). The van der Waals surface area contributed by atoms with Gasteiger partial charge in [-0.05, 0) is 30.4 Å². The van der Waals surface area contributed by atoms with Crippen molar-refractivity contribution in [3.8, 4) is 0 Å². The van der Waals surface area contributed by atoms with Crippen LogP contribution in [0.1, 0.15) is 19.2 Å². The van der Waals surface area contributed by atoms with Crippen molar-refractivity contribution in [3.63, 3.8) is 0 Å². The summed E-state index contributed by atoms with van der Waals surface area (Å²) in [6, 6.07) is 6.45. The molecule has 0 unspecified atom stereocenters. The second kappa shape index (κ2) is 6.78. The predicted molar refractivity (Wildman–Crippen MR) is 81.7 cm³/mol. The van der Waals surface area contributed by atoms with Crippen LogP contribution in [0.25, 0.3) is 11.0 Å². The molecule has 3 nitrogen and oxygen atoms in total. The van der Waals surface area contributed by atoms with E-state index in [2.05, 4.69) is 41.3 Å². The first-order valence-electron chi connectivity index (χ1n) is 6.52. The Hall–Kier alpha value is -1.26. The standard InChI is InChI=1S/C15H20N2OS/c1-4-8-17-14-10-12(19-9-5-2)6-7-13(14)16-15(17)11-18-3/h4,6-7,10H,1,5,8-9,11H2,2-3H3. The second-order valence-electron chi connectivity index (χ2n) is 4.36. The normalized spacial score (nSPS) is 11.1. The molecule has 0 spiro atoms. The molecule has 4 heteroatoms. The molecule has 2 aromatic rings. The fourth-order valence-corrected chi connectivity index (χ4v) is 2.83. The summed E-state index contributed by atoms with van der Waals surface area (Å²) in [6.07, 6.45) is 3.08. The third-order valence-electron chi connectivity index (χ3n) is 2.86. The van der Waals surface area contributed by atoms with Gasteiger partial charge in [0.15, 0.2) is 0 Å². The van der Waals surface area contributed by atoms with Gasteiger partial charge in [0.05, 0.1) is 11.0 Å². The smallest absolute Gasteiger partial charge is 0.136 e. The molecule has 0 aliphatic carbocycles. The molecular formula is C15H20N2OS. The fraction of sp³-hybridized carbons (Fsp3) is 0.400. The van der Waals surface area contributed by atoms with E-state index in [9.17, 15) is 0 Å². The Morgan fingerprint density at radius 2 is 2.32 bits per heavy atom. The maximum atomic E-state index is 5.22. The van der Waals surface area contributed by atoms with Gasteiger partial charge >= 0.3 is 0 Å². The van der Waals surface area contributed by atoms with Crippen molar-refractivity contribution < 1.29 is 4.74 Å². The third kappa shape index (κ3) is 3.19. The summed E-state index contributed by atoms with van der Waals surface area (Å²) in [6.45, 7) is 7.31. The minimum absolute atomic E-state index is 0.528. The number of fused-ring (bicyclic) bond motifs is 1. The zero-order chi connectivity index (χ0) is 13.7. The lowest BCUT2D eigenvalue weighted by molar-refractivity contribution is 0.175. The fourth-order valence-electron chi connectivity index (χ4n) is 2.03. The number of hydrogen-bond donors (Lipinski definition) is 0. The number of hydrogen-bond acceptors (Lipinski definition) is 3. The maximum absolute atomic E-state index is 5.22. The van der Waals surface area contributed by atoms with E-state index in [0.29, 0.717) is 6.61 Å². The van der Waals surface area contributed by atoms with E-state index in [4.69, 9.17) is 4.74 Å². The minimum atomic E-state index is 0.528. The number of rotatable bonds is 7. The van der Waals surface area contributed by atoms with E-state index >= 15 is 0 Å². The number of thioether (sulfide) groups is 1. The molecule has 0 atom stereocenters. The molecule has 0 aliphatic rings. The van der Waals surface area contributed by atoms with E-state index < -0.39 is 0 Å². The average molecular weight is 276 g/mol. The van der Waals surface area contributed by atoms with Crippen molar-refractivity contribution in [2.75, 3.05) is 12.9 Å². The predicted octanol–water partition coefficient (Wildman–Crippen LogP) is 3.87. The van der Waals surface area contributed by atoms with Crippen molar-refractivity contribution in [1.82, 2.24) is 9.55 Å². The van der Waals surface area contributed by atoms with Gasteiger partial charge in [-0.2, -0.15) is 0 Å². The van der Waals surface area contributed by atoms with Crippen LogP contribution in [0.2, 0.25) is 0 Å². The number of imidazole rings is 1. The molecule has 0 radical (unpaired) electrons. The first kappa shape index (κ1) is 14.2. The van der Waals surface area contributed by atoms with E-state index in [-0.39, 0.29) is 0 Å². The first-order valence-corrected chi connectivity index (χ1v) is 7.50. The van der Waals surface area contributed by atoms with Crippen molar-refractivity contribution in [2.45, 2.75) is 31.4 Å². The molecule has 0 fully saturated rings. The summed E-state index contributed by atoms with van der Waals surface area (Å²) in [5.74, 6) is 2.10. The van der Waals surface area contributed by atoms with Gasteiger partial charge in [0.1, 0.15) is 12.4 Å². The Labute approximate surface area is 118 Å². The van der Waals surface area contributed by atoms with Crippen molar-refractivity contribution in [2.24, 2.45) is 0 Å². The summed E-state index contributed by atoms with van der Waals surface area (Å²) in [7, 11) is 1.69. The van der Waals surface area contributed by atoms with Gasteiger partial charge in [0.2, 0.25) is 0 Å². The molecule has 0 amide bonds. The zero-order valence-corrected chi connectivity index (χ0v) is 12.4. The molecule has 19 heavy (non-hydrogen) atoms. The van der Waals surface area contributed by atoms with Crippen LogP contribution in [0.3, 0.4) is 0 Å². The molecule has 0 saturated carbocycles. The Balaban J connectivity index is 2.42. The topological polar surface area (TPSA) is 27.1 Å². The molecule has 1 aromatic heterocycles. The molecule has 102 valence electrons.